The fourth-order valence-corrected chi connectivity index (χ4v) is 4.03. The molecule has 1 aliphatic rings. The second kappa shape index (κ2) is 7.92. The third kappa shape index (κ3) is 3.42. The van der Waals surface area contributed by atoms with Crippen LogP contribution in [0.1, 0.15) is 65.4 Å². The average Bonchev–Trinajstić information content (AvgIpc) is 3.19. The maximum Gasteiger partial charge on any atom is 0.254 e. The quantitative estimate of drug-likeness (QED) is 0.636. The first-order chi connectivity index (χ1) is 13.7. The highest BCUT2D eigenvalue weighted by atomic mass is 16.2. The first-order valence-electron chi connectivity index (χ1n) is 9.93. The van der Waals surface area contributed by atoms with Crippen LogP contribution < -0.4 is 0 Å². The molecule has 6 nitrogen and oxygen atoms in total. The van der Waals surface area contributed by atoms with Crippen LogP contribution in [0.25, 0.3) is 5.78 Å². The molecule has 4 rings (SSSR count). The van der Waals surface area contributed by atoms with Gasteiger partial charge in [0.15, 0.2) is 0 Å². The van der Waals surface area contributed by atoms with Gasteiger partial charge in [-0.05, 0) is 38.0 Å². The number of benzene rings is 1. The predicted molar refractivity (Wildman–Crippen MR) is 106 cm³/mol. The Morgan fingerprint density at radius 2 is 1.79 bits per heavy atom. The summed E-state index contributed by atoms with van der Waals surface area (Å²) in [6.45, 7) is 2.74. The molecule has 6 heteroatoms. The van der Waals surface area contributed by atoms with Crippen molar-refractivity contribution in [3.63, 3.8) is 0 Å². The Bertz CT molecular complexity index is 987. The van der Waals surface area contributed by atoms with E-state index in [4.69, 9.17) is 0 Å². The summed E-state index contributed by atoms with van der Waals surface area (Å²) in [5, 5.41) is 0. The molecule has 1 aromatic carbocycles. The van der Waals surface area contributed by atoms with Crippen LogP contribution in [-0.4, -0.2) is 43.5 Å². The maximum absolute atomic E-state index is 13.0. The van der Waals surface area contributed by atoms with E-state index in [9.17, 15) is 9.59 Å². The minimum Gasteiger partial charge on any atom is -0.336 e. The molecule has 0 unspecified atom stereocenters. The van der Waals surface area contributed by atoms with Crippen LogP contribution in [0.15, 0.2) is 48.9 Å². The number of aromatic nitrogens is 3. The van der Waals surface area contributed by atoms with E-state index in [0.29, 0.717) is 35.2 Å². The average molecular weight is 376 g/mol. The van der Waals surface area contributed by atoms with Gasteiger partial charge in [0.1, 0.15) is 5.69 Å². The van der Waals surface area contributed by atoms with Crippen LogP contribution >= 0.6 is 0 Å². The van der Waals surface area contributed by atoms with Gasteiger partial charge in [0, 0.05) is 36.1 Å². The Morgan fingerprint density at radius 1 is 1.07 bits per heavy atom. The SMILES string of the molecule is CCN(C(=O)c1ccc(C(=O)c2cnc3ncccn23)cc1)C1CCCCC1. The molecule has 0 saturated heterocycles. The van der Waals surface area contributed by atoms with Crippen LogP contribution in [0.5, 0.6) is 0 Å². The molecule has 1 aliphatic carbocycles. The molecule has 0 radical (unpaired) electrons. The highest BCUT2D eigenvalue weighted by Crippen LogP contribution is 2.24. The van der Waals surface area contributed by atoms with Gasteiger partial charge >= 0.3 is 0 Å². The van der Waals surface area contributed by atoms with Crippen molar-refractivity contribution in [1.29, 1.82) is 0 Å². The van der Waals surface area contributed by atoms with Crippen molar-refractivity contribution in [3.05, 3.63) is 65.7 Å². The Hall–Kier alpha value is -3.02. The fraction of sp³-hybridized carbons (Fsp3) is 0.364. The lowest BCUT2D eigenvalue weighted by molar-refractivity contribution is 0.0647. The second-order valence-electron chi connectivity index (χ2n) is 7.22. The van der Waals surface area contributed by atoms with E-state index in [1.54, 1.807) is 47.1 Å². The van der Waals surface area contributed by atoms with Crippen molar-refractivity contribution in [3.8, 4) is 0 Å². The monoisotopic (exact) mass is 376 g/mol. The minimum atomic E-state index is -0.140. The van der Waals surface area contributed by atoms with Crippen molar-refractivity contribution in [2.24, 2.45) is 0 Å². The number of imidazole rings is 1. The maximum atomic E-state index is 13.0. The van der Waals surface area contributed by atoms with Gasteiger partial charge in [0.2, 0.25) is 11.6 Å². The van der Waals surface area contributed by atoms with E-state index in [2.05, 4.69) is 9.97 Å². The zero-order valence-electron chi connectivity index (χ0n) is 16.0. The molecule has 3 aromatic rings. The van der Waals surface area contributed by atoms with E-state index in [0.717, 1.165) is 12.8 Å². The van der Waals surface area contributed by atoms with E-state index < -0.39 is 0 Å². The number of fused-ring (bicyclic) bond motifs is 1. The van der Waals surface area contributed by atoms with Gasteiger partial charge < -0.3 is 4.90 Å². The van der Waals surface area contributed by atoms with Crippen LogP contribution in [-0.2, 0) is 0 Å². The van der Waals surface area contributed by atoms with E-state index in [-0.39, 0.29) is 11.7 Å². The van der Waals surface area contributed by atoms with Gasteiger partial charge in [-0.1, -0.05) is 31.4 Å². The molecule has 0 bridgehead atoms. The first-order valence-corrected chi connectivity index (χ1v) is 9.93. The van der Waals surface area contributed by atoms with Crippen molar-refractivity contribution in [1.82, 2.24) is 19.3 Å². The normalized spacial score (nSPS) is 14.9. The van der Waals surface area contributed by atoms with Gasteiger partial charge in [0.05, 0.1) is 6.20 Å². The summed E-state index contributed by atoms with van der Waals surface area (Å²) in [5.74, 6) is 0.398. The molecular weight excluding hydrogens is 352 g/mol. The van der Waals surface area contributed by atoms with E-state index in [1.807, 2.05) is 11.8 Å². The summed E-state index contributed by atoms with van der Waals surface area (Å²) in [6, 6.07) is 9.04. The summed E-state index contributed by atoms with van der Waals surface area (Å²) in [5.41, 5.74) is 1.62. The second-order valence-corrected chi connectivity index (χ2v) is 7.22. The Labute approximate surface area is 164 Å². The molecule has 1 fully saturated rings. The van der Waals surface area contributed by atoms with E-state index in [1.165, 1.54) is 25.5 Å². The van der Waals surface area contributed by atoms with Gasteiger partial charge in [-0.2, -0.15) is 0 Å². The molecule has 144 valence electrons. The van der Waals surface area contributed by atoms with Crippen LogP contribution in [0.4, 0.5) is 0 Å². The number of hydrogen-bond acceptors (Lipinski definition) is 4. The first kappa shape index (κ1) is 18.3. The lowest BCUT2D eigenvalue weighted by Crippen LogP contribution is -2.41. The molecule has 0 N–H and O–H groups in total. The van der Waals surface area contributed by atoms with Crippen molar-refractivity contribution in [2.75, 3.05) is 6.54 Å². The Morgan fingerprint density at radius 3 is 2.50 bits per heavy atom. The molecule has 0 atom stereocenters. The number of amides is 1. The molecule has 1 saturated carbocycles. The summed E-state index contributed by atoms with van der Waals surface area (Å²) in [4.78, 5) is 36.1. The van der Waals surface area contributed by atoms with Gasteiger partial charge in [0.25, 0.3) is 5.91 Å². The molecule has 1 amide bonds. The van der Waals surface area contributed by atoms with Crippen LogP contribution in [0.3, 0.4) is 0 Å². The lowest BCUT2D eigenvalue weighted by atomic mass is 9.93. The smallest absolute Gasteiger partial charge is 0.254 e. The summed E-state index contributed by atoms with van der Waals surface area (Å²) in [7, 11) is 0. The number of nitrogens with zero attached hydrogens (tertiary/aromatic N) is 4. The minimum absolute atomic E-state index is 0.0485. The predicted octanol–water partition coefficient (Wildman–Crippen LogP) is 3.76. The number of rotatable bonds is 5. The standard InChI is InChI=1S/C22H24N4O2/c1-2-25(18-7-4-3-5-8-18)21(28)17-11-9-16(10-12-17)20(27)19-15-24-22-23-13-6-14-26(19)22/h6,9-15,18H,2-5,7-8H2,1H3. The van der Waals surface area contributed by atoms with Gasteiger partial charge in [-0.3, -0.25) is 14.0 Å². The zero-order chi connectivity index (χ0) is 19.5. The number of carbonyl (C=O) groups excluding carboxylic acids is 2. The summed E-state index contributed by atoms with van der Waals surface area (Å²) >= 11 is 0. The number of ketones is 1. The van der Waals surface area contributed by atoms with Gasteiger partial charge in [-0.25, -0.2) is 9.97 Å². The highest BCUT2D eigenvalue weighted by Gasteiger charge is 2.25. The number of hydrogen-bond donors (Lipinski definition) is 0. The summed E-state index contributed by atoms with van der Waals surface area (Å²) < 4.78 is 1.67. The Balaban J connectivity index is 1.54. The van der Waals surface area contributed by atoms with Crippen LogP contribution in [0.2, 0.25) is 0 Å². The lowest BCUT2D eigenvalue weighted by Gasteiger charge is -2.33. The molecule has 28 heavy (non-hydrogen) atoms. The molecule has 2 heterocycles. The van der Waals surface area contributed by atoms with Crippen molar-refractivity contribution >= 4 is 17.5 Å². The molecule has 0 aliphatic heterocycles. The molecule has 0 spiro atoms. The summed E-state index contributed by atoms with van der Waals surface area (Å²) in [6.07, 6.45) is 10.7. The largest absolute Gasteiger partial charge is 0.336 e. The molecular formula is C22H24N4O2. The van der Waals surface area contributed by atoms with Gasteiger partial charge in [-0.15, -0.1) is 0 Å². The Kier molecular flexibility index (Phi) is 5.19. The van der Waals surface area contributed by atoms with Crippen LogP contribution in [0, 0.1) is 0 Å². The third-order valence-electron chi connectivity index (χ3n) is 5.53. The van der Waals surface area contributed by atoms with Crippen molar-refractivity contribution in [2.45, 2.75) is 45.1 Å². The fourth-order valence-electron chi connectivity index (χ4n) is 4.03. The molecule has 2 aromatic heterocycles. The zero-order valence-corrected chi connectivity index (χ0v) is 16.0. The number of carbonyl (C=O) groups is 2. The topological polar surface area (TPSA) is 67.6 Å². The third-order valence-corrected chi connectivity index (χ3v) is 5.53. The van der Waals surface area contributed by atoms with Crippen molar-refractivity contribution < 1.29 is 9.59 Å². The highest BCUT2D eigenvalue weighted by molar-refractivity contribution is 6.08. The van der Waals surface area contributed by atoms with E-state index >= 15 is 0 Å².